The molecule has 0 aromatic heterocycles. The van der Waals surface area contributed by atoms with Crippen LogP contribution in [0.2, 0.25) is 0 Å². The van der Waals surface area contributed by atoms with Gasteiger partial charge in [0.15, 0.2) is 0 Å². The van der Waals surface area contributed by atoms with Gasteiger partial charge in [0, 0.05) is 24.3 Å². The summed E-state index contributed by atoms with van der Waals surface area (Å²) in [6, 6.07) is 8.81. The molecule has 0 spiro atoms. The van der Waals surface area contributed by atoms with Crippen LogP contribution >= 0.6 is 0 Å². The van der Waals surface area contributed by atoms with Crippen LogP contribution in [0.3, 0.4) is 0 Å². The summed E-state index contributed by atoms with van der Waals surface area (Å²) in [4.78, 5) is 2.31. The van der Waals surface area contributed by atoms with E-state index in [1.54, 1.807) is 0 Å². The van der Waals surface area contributed by atoms with Gasteiger partial charge in [-0.1, -0.05) is 24.3 Å². The molecule has 0 bridgehead atoms. The first-order valence-corrected chi connectivity index (χ1v) is 5.80. The molecule has 0 radical (unpaired) electrons. The lowest BCUT2D eigenvalue weighted by Crippen LogP contribution is -2.32. The van der Waals surface area contributed by atoms with Gasteiger partial charge in [-0.3, -0.25) is 0 Å². The largest absolute Gasteiger partial charge is 0.365 e. The molecule has 1 aromatic carbocycles. The third kappa shape index (κ3) is 2.86. The molecule has 1 unspecified atom stereocenters. The summed E-state index contributed by atoms with van der Waals surface area (Å²) >= 11 is 0. The minimum Gasteiger partial charge on any atom is -0.365 e. The molecule has 1 aromatic rings. The number of anilines is 1. The van der Waals surface area contributed by atoms with Gasteiger partial charge in [0.25, 0.3) is 0 Å². The molecule has 0 saturated heterocycles. The molecule has 0 fully saturated rings. The van der Waals surface area contributed by atoms with Gasteiger partial charge in [-0.25, -0.2) is 0 Å². The van der Waals surface area contributed by atoms with E-state index in [0.29, 0.717) is 6.04 Å². The molecular formula is C14H22N2. The molecule has 0 aliphatic heterocycles. The van der Waals surface area contributed by atoms with Crippen molar-refractivity contribution >= 4 is 5.69 Å². The Morgan fingerprint density at radius 3 is 2.44 bits per heavy atom. The molecule has 2 heteroatoms. The standard InChI is InChI=1S/C14H22N2/c1-5-10-16(11(2)3)14-9-7-6-8-13(14)12(4)15/h5-9,11-12H,1,10,15H2,2-4H3. The van der Waals surface area contributed by atoms with Gasteiger partial charge in [-0.05, 0) is 32.4 Å². The lowest BCUT2D eigenvalue weighted by atomic mass is 10.0. The van der Waals surface area contributed by atoms with Crippen molar-refractivity contribution < 1.29 is 0 Å². The molecule has 0 amide bonds. The van der Waals surface area contributed by atoms with Crippen LogP contribution in [0.15, 0.2) is 36.9 Å². The third-order valence-corrected chi connectivity index (χ3v) is 2.69. The SMILES string of the molecule is C=CCN(c1ccccc1C(C)N)C(C)C. The summed E-state index contributed by atoms with van der Waals surface area (Å²) in [5, 5.41) is 0. The van der Waals surface area contributed by atoms with Crippen molar-refractivity contribution in [2.75, 3.05) is 11.4 Å². The molecule has 16 heavy (non-hydrogen) atoms. The van der Waals surface area contributed by atoms with Crippen LogP contribution < -0.4 is 10.6 Å². The Morgan fingerprint density at radius 2 is 1.94 bits per heavy atom. The Labute approximate surface area is 98.8 Å². The Bertz CT molecular complexity index is 342. The summed E-state index contributed by atoms with van der Waals surface area (Å²) in [5.41, 5.74) is 8.40. The number of hydrogen-bond acceptors (Lipinski definition) is 2. The summed E-state index contributed by atoms with van der Waals surface area (Å²) in [5.74, 6) is 0. The Balaban J connectivity index is 3.12. The second kappa shape index (κ2) is 5.71. The molecule has 0 aliphatic carbocycles. The number of para-hydroxylation sites is 1. The van der Waals surface area contributed by atoms with E-state index in [9.17, 15) is 0 Å². The average molecular weight is 218 g/mol. The molecule has 0 aliphatic rings. The van der Waals surface area contributed by atoms with Crippen LogP contribution in [0.5, 0.6) is 0 Å². The Hall–Kier alpha value is -1.28. The molecule has 0 heterocycles. The van der Waals surface area contributed by atoms with E-state index in [0.717, 1.165) is 6.54 Å². The number of hydrogen-bond donors (Lipinski definition) is 1. The van der Waals surface area contributed by atoms with Gasteiger partial charge >= 0.3 is 0 Å². The van der Waals surface area contributed by atoms with Crippen molar-refractivity contribution in [2.24, 2.45) is 5.73 Å². The van der Waals surface area contributed by atoms with E-state index in [-0.39, 0.29) is 6.04 Å². The Kier molecular flexibility index (Phi) is 4.56. The maximum atomic E-state index is 6.00. The quantitative estimate of drug-likeness (QED) is 0.769. The number of rotatable bonds is 5. The van der Waals surface area contributed by atoms with Crippen LogP contribution in [-0.4, -0.2) is 12.6 Å². The first-order valence-electron chi connectivity index (χ1n) is 5.80. The van der Waals surface area contributed by atoms with E-state index < -0.39 is 0 Å². The smallest absolute Gasteiger partial charge is 0.0419 e. The molecule has 2 N–H and O–H groups in total. The predicted octanol–water partition coefficient (Wildman–Crippen LogP) is 3.11. The normalized spacial score (nSPS) is 12.6. The topological polar surface area (TPSA) is 29.3 Å². The molecule has 88 valence electrons. The fraction of sp³-hybridized carbons (Fsp3) is 0.429. The zero-order chi connectivity index (χ0) is 12.1. The zero-order valence-electron chi connectivity index (χ0n) is 10.5. The third-order valence-electron chi connectivity index (χ3n) is 2.69. The molecular weight excluding hydrogens is 196 g/mol. The van der Waals surface area contributed by atoms with Gasteiger partial charge in [-0.15, -0.1) is 6.58 Å². The van der Waals surface area contributed by atoms with Crippen molar-refractivity contribution in [3.05, 3.63) is 42.5 Å². The first kappa shape index (κ1) is 12.8. The zero-order valence-corrected chi connectivity index (χ0v) is 10.5. The summed E-state index contributed by atoms with van der Waals surface area (Å²) in [7, 11) is 0. The van der Waals surface area contributed by atoms with Crippen molar-refractivity contribution in [3.8, 4) is 0 Å². The van der Waals surface area contributed by atoms with Gasteiger partial charge < -0.3 is 10.6 Å². The van der Waals surface area contributed by atoms with Crippen molar-refractivity contribution in [3.63, 3.8) is 0 Å². The maximum Gasteiger partial charge on any atom is 0.0419 e. The number of benzene rings is 1. The van der Waals surface area contributed by atoms with E-state index in [2.05, 4.69) is 43.5 Å². The minimum absolute atomic E-state index is 0.0577. The average Bonchev–Trinajstić information content (AvgIpc) is 2.25. The molecule has 2 nitrogen and oxygen atoms in total. The van der Waals surface area contributed by atoms with E-state index in [1.807, 2.05) is 19.1 Å². The molecule has 1 atom stereocenters. The van der Waals surface area contributed by atoms with Gasteiger partial charge in [0.05, 0.1) is 0 Å². The van der Waals surface area contributed by atoms with Crippen LogP contribution in [0.4, 0.5) is 5.69 Å². The van der Waals surface area contributed by atoms with Gasteiger partial charge in [0.1, 0.15) is 0 Å². The second-order valence-electron chi connectivity index (χ2n) is 4.38. The Morgan fingerprint density at radius 1 is 1.31 bits per heavy atom. The maximum absolute atomic E-state index is 6.00. The minimum atomic E-state index is 0.0577. The van der Waals surface area contributed by atoms with Crippen LogP contribution in [0.25, 0.3) is 0 Å². The van der Waals surface area contributed by atoms with Crippen molar-refractivity contribution in [1.82, 2.24) is 0 Å². The lowest BCUT2D eigenvalue weighted by Gasteiger charge is -2.30. The summed E-state index contributed by atoms with van der Waals surface area (Å²) in [6.45, 7) is 11.0. The lowest BCUT2D eigenvalue weighted by molar-refractivity contribution is 0.708. The second-order valence-corrected chi connectivity index (χ2v) is 4.38. The molecule has 1 rings (SSSR count). The highest BCUT2D eigenvalue weighted by molar-refractivity contribution is 5.55. The fourth-order valence-electron chi connectivity index (χ4n) is 1.86. The van der Waals surface area contributed by atoms with Crippen LogP contribution in [0, 0.1) is 0 Å². The highest BCUT2D eigenvalue weighted by Crippen LogP contribution is 2.26. The first-order chi connectivity index (χ1) is 7.57. The van der Waals surface area contributed by atoms with Crippen LogP contribution in [-0.2, 0) is 0 Å². The molecule has 0 saturated carbocycles. The van der Waals surface area contributed by atoms with E-state index >= 15 is 0 Å². The number of nitrogens with two attached hydrogens (primary N) is 1. The van der Waals surface area contributed by atoms with Gasteiger partial charge in [-0.2, -0.15) is 0 Å². The van der Waals surface area contributed by atoms with E-state index in [1.165, 1.54) is 11.3 Å². The van der Waals surface area contributed by atoms with E-state index in [4.69, 9.17) is 5.73 Å². The highest BCUT2D eigenvalue weighted by Gasteiger charge is 2.14. The van der Waals surface area contributed by atoms with Gasteiger partial charge in [0.2, 0.25) is 0 Å². The predicted molar refractivity (Wildman–Crippen MR) is 71.7 cm³/mol. The summed E-state index contributed by atoms with van der Waals surface area (Å²) in [6.07, 6.45) is 1.93. The number of nitrogens with zero attached hydrogens (tertiary/aromatic N) is 1. The van der Waals surface area contributed by atoms with Crippen molar-refractivity contribution in [2.45, 2.75) is 32.9 Å². The summed E-state index contributed by atoms with van der Waals surface area (Å²) < 4.78 is 0. The fourth-order valence-corrected chi connectivity index (χ4v) is 1.86. The highest BCUT2D eigenvalue weighted by atomic mass is 15.1. The van der Waals surface area contributed by atoms with Crippen LogP contribution in [0.1, 0.15) is 32.4 Å². The van der Waals surface area contributed by atoms with Crippen molar-refractivity contribution in [1.29, 1.82) is 0 Å². The monoisotopic (exact) mass is 218 g/mol.